The lowest BCUT2D eigenvalue weighted by atomic mass is 9.59. The van der Waals surface area contributed by atoms with E-state index in [0.29, 0.717) is 38.9 Å². The van der Waals surface area contributed by atoms with Gasteiger partial charge < -0.3 is 15.2 Å². The van der Waals surface area contributed by atoms with Crippen LogP contribution in [0.4, 0.5) is 17.1 Å². The maximum Gasteiger partial charge on any atom is 0.238 e. The molecule has 3 aromatic rings. The van der Waals surface area contributed by atoms with Crippen LogP contribution in [0.25, 0.3) is 0 Å². The molecule has 4 atom stereocenters. The number of allylic oxidation sites excluding steroid dienone is 6. The second kappa shape index (κ2) is 11.0. The third-order valence-corrected chi connectivity index (χ3v) is 9.96. The van der Waals surface area contributed by atoms with Crippen molar-refractivity contribution >= 4 is 56.4 Å². The average Bonchev–Trinajstić information content (AvgIpc) is 3.30. The van der Waals surface area contributed by atoms with Crippen molar-refractivity contribution < 1.29 is 29.0 Å². The van der Waals surface area contributed by atoms with Gasteiger partial charge in [0.2, 0.25) is 11.8 Å². The van der Waals surface area contributed by atoms with Gasteiger partial charge in [-0.25, -0.2) is 0 Å². The van der Waals surface area contributed by atoms with Gasteiger partial charge in [0.05, 0.1) is 29.1 Å². The number of phenols is 1. The van der Waals surface area contributed by atoms with E-state index in [4.69, 9.17) is 4.74 Å². The Morgan fingerprint density at radius 2 is 1.64 bits per heavy atom. The first-order chi connectivity index (χ1) is 21.7. The minimum Gasteiger partial charge on any atom is -0.503 e. The summed E-state index contributed by atoms with van der Waals surface area (Å²) in [4.78, 5) is 56.4. The summed E-state index contributed by atoms with van der Waals surface area (Å²) >= 11 is 3.40. The van der Waals surface area contributed by atoms with Gasteiger partial charge in [-0.15, -0.1) is 0 Å². The molecule has 226 valence electrons. The molecule has 1 heterocycles. The topological polar surface area (TPSA) is 113 Å². The third kappa shape index (κ3) is 4.64. The number of amides is 2. The van der Waals surface area contributed by atoms with Crippen LogP contribution >= 0.6 is 15.9 Å². The Hall–Kier alpha value is -4.76. The van der Waals surface area contributed by atoms with Crippen molar-refractivity contribution in [2.45, 2.75) is 25.7 Å². The molecule has 45 heavy (non-hydrogen) atoms. The fourth-order valence-electron chi connectivity index (χ4n) is 7.29. The zero-order valence-corrected chi connectivity index (χ0v) is 26.1. The van der Waals surface area contributed by atoms with Crippen molar-refractivity contribution in [3.63, 3.8) is 0 Å². The maximum absolute atomic E-state index is 14.2. The molecule has 0 saturated carbocycles. The minimum atomic E-state index is -0.687. The molecule has 4 aliphatic rings. The monoisotopic (exact) mass is 664 g/mol. The number of nitrogens with one attached hydrogen (secondary N) is 1. The second-order valence-corrected chi connectivity index (χ2v) is 12.7. The van der Waals surface area contributed by atoms with E-state index >= 15 is 0 Å². The van der Waals surface area contributed by atoms with Gasteiger partial charge in [0.25, 0.3) is 0 Å². The van der Waals surface area contributed by atoms with Crippen molar-refractivity contribution in [1.29, 1.82) is 0 Å². The molecule has 0 spiro atoms. The average molecular weight is 666 g/mol. The van der Waals surface area contributed by atoms with Crippen molar-refractivity contribution in [3.05, 3.63) is 111 Å². The molecule has 8 nitrogen and oxygen atoms in total. The van der Waals surface area contributed by atoms with E-state index in [1.54, 1.807) is 31.2 Å². The van der Waals surface area contributed by atoms with Crippen LogP contribution in [0.3, 0.4) is 0 Å². The number of benzene rings is 3. The zero-order valence-electron chi connectivity index (χ0n) is 24.5. The quantitative estimate of drug-likeness (QED) is 0.181. The smallest absolute Gasteiger partial charge is 0.238 e. The number of carbonyl (C=O) groups is 4. The summed E-state index contributed by atoms with van der Waals surface area (Å²) in [6.45, 7) is 1.63. The number of rotatable bonds is 5. The number of phenolic OH excluding ortho intramolecular Hbond substituents is 1. The van der Waals surface area contributed by atoms with Crippen molar-refractivity contribution in [2.24, 2.45) is 17.8 Å². The van der Waals surface area contributed by atoms with E-state index in [0.717, 1.165) is 16.9 Å². The Kier molecular flexibility index (Phi) is 7.08. The molecule has 3 aromatic carbocycles. The van der Waals surface area contributed by atoms with Crippen molar-refractivity contribution in [2.75, 3.05) is 17.3 Å². The first-order valence-electron chi connectivity index (χ1n) is 14.7. The summed E-state index contributed by atoms with van der Waals surface area (Å²) in [5.74, 6) is -3.30. The van der Waals surface area contributed by atoms with Crippen LogP contribution in [-0.4, -0.2) is 35.6 Å². The van der Waals surface area contributed by atoms with E-state index in [9.17, 15) is 24.3 Å². The van der Waals surface area contributed by atoms with Gasteiger partial charge in [0.1, 0.15) is 0 Å². The van der Waals surface area contributed by atoms with Gasteiger partial charge in [-0.3, -0.25) is 24.1 Å². The summed E-state index contributed by atoms with van der Waals surface area (Å²) in [6, 6.07) is 20.3. The number of aromatic hydroxyl groups is 1. The van der Waals surface area contributed by atoms with Gasteiger partial charge in [-0.05, 0) is 102 Å². The number of Topliss-reactive ketones (excluding diaryl/α,β-unsaturated/α-hetero) is 1. The number of ether oxygens (including phenoxy) is 1. The zero-order chi connectivity index (χ0) is 31.6. The highest BCUT2D eigenvalue weighted by atomic mass is 79.9. The highest BCUT2D eigenvalue weighted by molar-refractivity contribution is 9.10. The van der Waals surface area contributed by atoms with Crippen LogP contribution in [-0.2, 0) is 19.2 Å². The maximum atomic E-state index is 14.2. The minimum absolute atomic E-state index is 0.0835. The molecule has 1 saturated heterocycles. The summed E-state index contributed by atoms with van der Waals surface area (Å²) in [7, 11) is 1.44. The number of halogens is 1. The number of nitrogens with zero attached hydrogens (tertiary/aromatic N) is 1. The third-order valence-electron chi connectivity index (χ3n) is 9.36. The Morgan fingerprint density at radius 3 is 2.36 bits per heavy atom. The lowest BCUT2D eigenvalue weighted by Gasteiger charge is -2.42. The number of hydrogen-bond donors (Lipinski definition) is 2. The Balaban J connectivity index is 1.27. The predicted molar refractivity (Wildman–Crippen MR) is 172 cm³/mol. The van der Waals surface area contributed by atoms with E-state index in [1.165, 1.54) is 18.1 Å². The number of carbonyl (C=O) groups excluding carboxylic acids is 4. The Bertz CT molecular complexity index is 1890. The number of methoxy groups -OCH3 is 1. The fourth-order valence-corrected chi connectivity index (χ4v) is 7.75. The first-order valence-corrected chi connectivity index (χ1v) is 15.5. The highest BCUT2D eigenvalue weighted by Crippen LogP contribution is 2.56. The van der Waals surface area contributed by atoms with Gasteiger partial charge in [0, 0.05) is 34.0 Å². The normalized spacial score (nSPS) is 24.1. The largest absolute Gasteiger partial charge is 0.503 e. The van der Waals surface area contributed by atoms with E-state index in [1.807, 2.05) is 48.5 Å². The van der Waals surface area contributed by atoms with Gasteiger partial charge in [-0.2, -0.15) is 0 Å². The molecular weight excluding hydrogens is 636 g/mol. The lowest BCUT2D eigenvalue weighted by molar-refractivity contribution is -0.123. The summed E-state index contributed by atoms with van der Waals surface area (Å²) < 4.78 is 5.79. The van der Waals surface area contributed by atoms with Crippen LogP contribution in [0.5, 0.6) is 11.5 Å². The fraction of sp³-hybridized carbons (Fsp3) is 0.222. The van der Waals surface area contributed by atoms with Crippen LogP contribution < -0.4 is 15.0 Å². The number of anilines is 3. The molecule has 4 unspecified atom stereocenters. The molecule has 7 rings (SSSR count). The lowest BCUT2D eigenvalue weighted by Crippen LogP contribution is -2.39. The highest BCUT2D eigenvalue weighted by Gasteiger charge is 2.56. The molecule has 3 aliphatic carbocycles. The molecular formula is C36H29BrN2O6. The molecule has 1 fully saturated rings. The van der Waals surface area contributed by atoms with Crippen molar-refractivity contribution in [1.82, 2.24) is 0 Å². The predicted octanol–water partition coefficient (Wildman–Crippen LogP) is 6.54. The molecule has 2 N–H and O–H groups in total. The molecule has 0 aromatic heterocycles. The van der Waals surface area contributed by atoms with Gasteiger partial charge >= 0.3 is 0 Å². The van der Waals surface area contributed by atoms with Crippen LogP contribution in [0, 0.1) is 17.8 Å². The SMILES string of the molecule is COc1cc(C2C3=CCC4C(=O)N(c5ccc(Nc6ccccc6)cc5)C(=O)C4C3CC3=C2C(=O)C(C)=CC3=O)cc(Br)c1O. The van der Waals surface area contributed by atoms with E-state index in [-0.39, 0.29) is 41.3 Å². The van der Waals surface area contributed by atoms with E-state index in [2.05, 4.69) is 21.2 Å². The summed E-state index contributed by atoms with van der Waals surface area (Å²) in [5, 5.41) is 13.8. The molecule has 0 radical (unpaired) electrons. The van der Waals surface area contributed by atoms with Crippen molar-refractivity contribution in [3.8, 4) is 11.5 Å². The molecule has 1 aliphatic heterocycles. The summed E-state index contributed by atoms with van der Waals surface area (Å²) in [5.41, 5.74) is 4.81. The number of imide groups is 1. The standard InChI is InChI=1S/C36H29BrN2O6/c1-18-14-28(40)26-17-25-23(30(32(26)33(18)41)19-15-27(37)34(42)29(16-19)45-2)12-13-24-31(25)36(44)39(35(24)43)22-10-8-21(9-11-22)38-20-6-4-3-5-7-20/h3-12,14-16,24-25,30-31,38,42H,13,17H2,1-2H3. The van der Waals surface area contributed by atoms with E-state index < -0.39 is 23.7 Å². The molecule has 2 amide bonds. The number of para-hydroxylation sites is 1. The van der Waals surface area contributed by atoms with Crippen LogP contribution in [0.15, 0.2) is 106 Å². The van der Waals surface area contributed by atoms with Crippen LogP contribution in [0.1, 0.15) is 31.2 Å². The Morgan fingerprint density at radius 1 is 0.933 bits per heavy atom. The van der Waals surface area contributed by atoms with Gasteiger partial charge in [-0.1, -0.05) is 29.8 Å². The second-order valence-electron chi connectivity index (χ2n) is 11.8. The number of fused-ring (bicyclic) bond motifs is 3. The first kappa shape index (κ1) is 29.0. The Labute approximate surface area is 268 Å². The molecule has 0 bridgehead atoms. The number of ketones is 2. The molecule has 9 heteroatoms. The number of hydrogen-bond acceptors (Lipinski definition) is 7. The van der Waals surface area contributed by atoms with Crippen LogP contribution in [0.2, 0.25) is 0 Å². The van der Waals surface area contributed by atoms with Gasteiger partial charge in [0.15, 0.2) is 23.1 Å². The summed E-state index contributed by atoms with van der Waals surface area (Å²) in [6.07, 6.45) is 3.86.